The molecule has 0 atom stereocenters. The lowest BCUT2D eigenvalue weighted by Gasteiger charge is -2.10. The van der Waals surface area contributed by atoms with E-state index in [1.54, 1.807) is 26.2 Å². The zero-order valence-corrected chi connectivity index (χ0v) is 12.6. The van der Waals surface area contributed by atoms with Gasteiger partial charge in [-0.2, -0.15) is 0 Å². The fraction of sp³-hybridized carbons (Fsp3) is 0.235. The number of carbonyl (C=O) groups is 1. The Balaban J connectivity index is 2.04. The summed E-state index contributed by atoms with van der Waals surface area (Å²) < 4.78 is 24.1. The second-order valence-electron chi connectivity index (χ2n) is 4.62. The van der Waals surface area contributed by atoms with Gasteiger partial charge < -0.3 is 14.8 Å². The molecule has 1 amide bonds. The maximum absolute atomic E-state index is 13.7. The Hall–Kier alpha value is -2.56. The summed E-state index contributed by atoms with van der Waals surface area (Å²) in [5.74, 6) is 0.0748. The van der Waals surface area contributed by atoms with Crippen molar-refractivity contribution in [3.63, 3.8) is 0 Å². The second-order valence-corrected chi connectivity index (χ2v) is 4.62. The van der Waals surface area contributed by atoms with Crippen LogP contribution in [0.15, 0.2) is 42.5 Å². The number of nitrogens with one attached hydrogen (secondary N) is 1. The van der Waals surface area contributed by atoms with Crippen LogP contribution in [0.1, 0.15) is 12.5 Å². The second kappa shape index (κ2) is 7.45. The van der Waals surface area contributed by atoms with E-state index in [-0.39, 0.29) is 18.1 Å². The number of hydrogen-bond acceptors (Lipinski definition) is 3. The Bertz CT molecular complexity index is 658. The molecule has 0 heterocycles. The van der Waals surface area contributed by atoms with Crippen LogP contribution in [0.2, 0.25) is 0 Å². The SMILES string of the molecule is CCOc1ccc(NC(=O)Cc2ccccc2OC)cc1F. The first-order valence-corrected chi connectivity index (χ1v) is 6.98. The van der Waals surface area contributed by atoms with Crippen LogP contribution in [-0.2, 0) is 11.2 Å². The monoisotopic (exact) mass is 303 g/mol. The average molecular weight is 303 g/mol. The van der Waals surface area contributed by atoms with Gasteiger partial charge in [-0.15, -0.1) is 0 Å². The first-order valence-electron chi connectivity index (χ1n) is 6.98. The third-order valence-corrected chi connectivity index (χ3v) is 3.06. The van der Waals surface area contributed by atoms with E-state index in [0.717, 1.165) is 5.56 Å². The first-order chi connectivity index (χ1) is 10.6. The molecule has 0 aliphatic rings. The lowest BCUT2D eigenvalue weighted by Crippen LogP contribution is -2.15. The minimum atomic E-state index is -0.503. The standard InChI is InChI=1S/C17H18FNO3/c1-3-22-16-9-8-13(11-14(16)18)19-17(20)10-12-6-4-5-7-15(12)21-2/h4-9,11H,3,10H2,1-2H3,(H,19,20). The molecule has 0 radical (unpaired) electrons. The molecule has 116 valence electrons. The van der Waals surface area contributed by atoms with E-state index >= 15 is 0 Å². The minimum absolute atomic E-state index is 0.152. The van der Waals surface area contributed by atoms with Crippen LogP contribution in [0.4, 0.5) is 10.1 Å². The van der Waals surface area contributed by atoms with Crippen LogP contribution < -0.4 is 14.8 Å². The van der Waals surface area contributed by atoms with Crippen LogP contribution in [0.25, 0.3) is 0 Å². The van der Waals surface area contributed by atoms with Gasteiger partial charge in [0.15, 0.2) is 11.6 Å². The van der Waals surface area contributed by atoms with Crippen LogP contribution in [-0.4, -0.2) is 19.6 Å². The van der Waals surface area contributed by atoms with Crippen molar-refractivity contribution >= 4 is 11.6 Å². The van der Waals surface area contributed by atoms with Gasteiger partial charge in [0.2, 0.25) is 5.91 Å². The highest BCUT2D eigenvalue weighted by Gasteiger charge is 2.10. The normalized spacial score (nSPS) is 10.1. The summed E-state index contributed by atoms with van der Waals surface area (Å²) in [5, 5.41) is 2.66. The summed E-state index contributed by atoms with van der Waals surface area (Å²) in [5.41, 5.74) is 1.16. The molecule has 2 aromatic rings. The molecule has 0 saturated carbocycles. The number of carbonyl (C=O) groups excluding carboxylic acids is 1. The minimum Gasteiger partial charge on any atom is -0.496 e. The zero-order chi connectivity index (χ0) is 15.9. The largest absolute Gasteiger partial charge is 0.496 e. The number of rotatable bonds is 6. The fourth-order valence-corrected chi connectivity index (χ4v) is 2.08. The number of ether oxygens (including phenoxy) is 2. The van der Waals surface area contributed by atoms with Crippen molar-refractivity contribution in [2.75, 3.05) is 19.0 Å². The Morgan fingerprint density at radius 1 is 1.18 bits per heavy atom. The van der Waals surface area contributed by atoms with E-state index < -0.39 is 5.82 Å². The Kier molecular flexibility index (Phi) is 5.36. The van der Waals surface area contributed by atoms with Crippen molar-refractivity contribution < 1.29 is 18.7 Å². The molecule has 22 heavy (non-hydrogen) atoms. The van der Waals surface area contributed by atoms with Gasteiger partial charge in [-0.1, -0.05) is 18.2 Å². The van der Waals surface area contributed by atoms with Crippen LogP contribution in [0.5, 0.6) is 11.5 Å². The average Bonchev–Trinajstić information content (AvgIpc) is 2.50. The third kappa shape index (κ3) is 3.97. The van der Waals surface area contributed by atoms with Gasteiger partial charge in [0, 0.05) is 17.3 Å². The zero-order valence-electron chi connectivity index (χ0n) is 12.6. The topological polar surface area (TPSA) is 47.6 Å². The molecule has 4 nitrogen and oxygen atoms in total. The summed E-state index contributed by atoms with van der Waals surface area (Å²) >= 11 is 0. The predicted octanol–water partition coefficient (Wildman–Crippen LogP) is 3.41. The van der Waals surface area contributed by atoms with E-state index in [1.165, 1.54) is 12.1 Å². The highest BCUT2D eigenvalue weighted by Crippen LogP contribution is 2.22. The third-order valence-electron chi connectivity index (χ3n) is 3.06. The highest BCUT2D eigenvalue weighted by molar-refractivity contribution is 5.92. The number of methoxy groups -OCH3 is 1. The maximum atomic E-state index is 13.7. The number of hydrogen-bond donors (Lipinski definition) is 1. The van der Waals surface area contributed by atoms with Crippen molar-refractivity contribution in [2.24, 2.45) is 0 Å². The molecular weight excluding hydrogens is 285 g/mol. The lowest BCUT2D eigenvalue weighted by molar-refractivity contribution is -0.115. The van der Waals surface area contributed by atoms with Crippen molar-refractivity contribution in [1.29, 1.82) is 0 Å². The molecule has 1 N–H and O–H groups in total. The number of anilines is 1. The van der Waals surface area contributed by atoms with E-state index in [1.807, 2.05) is 18.2 Å². The van der Waals surface area contributed by atoms with Crippen LogP contribution >= 0.6 is 0 Å². The van der Waals surface area contributed by atoms with E-state index in [9.17, 15) is 9.18 Å². The molecule has 0 fully saturated rings. The summed E-state index contributed by atoms with van der Waals surface area (Å²) in [6.45, 7) is 2.17. The highest BCUT2D eigenvalue weighted by atomic mass is 19.1. The maximum Gasteiger partial charge on any atom is 0.228 e. The molecule has 2 aromatic carbocycles. The molecular formula is C17H18FNO3. The molecule has 0 aliphatic heterocycles. The fourth-order valence-electron chi connectivity index (χ4n) is 2.08. The van der Waals surface area contributed by atoms with Gasteiger partial charge >= 0.3 is 0 Å². The molecule has 2 rings (SSSR count). The molecule has 0 bridgehead atoms. The van der Waals surface area contributed by atoms with Crippen LogP contribution in [0, 0.1) is 5.82 Å². The molecule has 0 aromatic heterocycles. The van der Waals surface area contributed by atoms with Crippen LogP contribution in [0.3, 0.4) is 0 Å². The summed E-state index contributed by atoms with van der Waals surface area (Å²) in [6.07, 6.45) is 0.152. The quantitative estimate of drug-likeness (QED) is 0.889. The van der Waals surface area contributed by atoms with Gasteiger partial charge in [-0.25, -0.2) is 4.39 Å². The molecule has 0 saturated heterocycles. The van der Waals surface area contributed by atoms with E-state index in [4.69, 9.17) is 9.47 Å². The van der Waals surface area contributed by atoms with Crippen molar-refractivity contribution in [3.05, 3.63) is 53.8 Å². The molecule has 0 spiro atoms. The smallest absolute Gasteiger partial charge is 0.228 e. The van der Waals surface area contributed by atoms with E-state index in [2.05, 4.69) is 5.32 Å². The van der Waals surface area contributed by atoms with Gasteiger partial charge in [0.25, 0.3) is 0 Å². The Morgan fingerprint density at radius 3 is 2.64 bits per heavy atom. The van der Waals surface area contributed by atoms with Gasteiger partial charge in [0.05, 0.1) is 20.1 Å². The Labute approximate surface area is 128 Å². The number of halogens is 1. The van der Waals surface area contributed by atoms with E-state index in [0.29, 0.717) is 18.0 Å². The predicted molar refractivity (Wildman–Crippen MR) is 82.9 cm³/mol. The van der Waals surface area contributed by atoms with Gasteiger partial charge in [-0.05, 0) is 25.1 Å². The molecule has 5 heteroatoms. The summed E-state index contributed by atoms with van der Waals surface area (Å²) in [4.78, 5) is 12.1. The molecule has 0 unspecified atom stereocenters. The number of para-hydroxylation sites is 1. The molecule has 0 aliphatic carbocycles. The first kappa shape index (κ1) is 15.8. The Morgan fingerprint density at radius 2 is 1.95 bits per heavy atom. The summed E-state index contributed by atoms with van der Waals surface area (Å²) in [7, 11) is 1.55. The number of amides is 1. The summed E-state index contributed by atoms with van der Waals surface area (Å²) in [6, 6.07) is 11.6. The van der Waals surface area contributed by atoms with Crippen molar-refractivity contribution in [2.45, 2.75) is 13.3 Å². The van der Waals surface area contributed by atoms with Gasteiger partial charge in [0.1, 0.15) is 5.75 Å². The van der Waals surface area contributed by atoms with Gasteiger partial charge in [-0.3, -0.25) is 4.79 Å². The number of benzene rings is 2. The van der Waals surface area contributed by atoms with Crippen molar-refractivity contribution in [1.82, 2.24) is 0 Å². The van der Waals surface area contributed by atoms with Crippen molar-refractivity contribution in [3.8, 4) is 11.5 Å². The lowest BCUT2D eigenvalue weighted by atomic mass is 10.1.